The van der Waals surface area contributed by atoms with Crippen molar-refractivity contribution in [1.82, 2.24) is 19.1 Å². The van der Waals surface area contributed by atoms with Gasteiger partial charge in [-0.15, -0.1) is 10.2 Å². The molecule has 0 aliphatic heterocycles. The lowest BCUT2D eigenvalue weighted by molar-refractivity contribution is 0.522. The molecule has 5 nitrogen and oxygen atoms in total. The van der Waals surface area contributed by atoms with E-state index in [1.807, 2.05) is 20.3 Å². The summed E-state index contributed by atoms with van der Waals surface area (Å²) in [6, 6.07) is 0.555. The van der Waals surface area contributed by atoms with Crippen molar-refractivity contribution in [2.24, 2.45) is 0 Å². The Morgan fingerprint density at radius 2 is 2.17 bits per heavy atom. The Morgan fingerprint density at radius 3 is 2.89 bits per heavy atom. The number of nitrogens with one attached hydrogen (secondary N) is 1. The zero-order valence-electron chi connectivity index (χ0n) is 10.7. The summed E-state index contributed by atoms with van der Waals surface area (Å²) in [5.41, 5.74) is 2.13. The Bertz CT molecular complexity index is 538. The van der Waals surface area contributed by atoms with Crippen LogP contribution in [-0.4, -0.2) is 26.2 Å². The summed E-state index contributed by atoms with van der Waals surface area (Å²) in [5, 5.41) is 12.7. The van der Waals surface area contributed by atoms with Gasteiger partial charge in [-0.3, -0.25) is 0 Å². The second-order valence-corrected chi connectivity index (χ2v) is 5.50. The third-order valence-electron chi connectivity index (χ3n) is 3.60. The average molecular weight is 263 g/mol. The minimum Gasteiger partial charge on any atom is -0.378 e. The Balaban J connectivity index is 2.06. The van der Waals surface area contributed by atoms with Crippen molar-refractivity contribution < 1.29 is 0 Å². The number of anilines is 1. The summed E-state index contributed by atoms with van der Waals surface area (Å²) in [6.07, 6.45) is 6.94. The van der Waals surface area contributed by atoms with Gasteiger partial charge in [0.15, 0.2) is 5.82 Å². The number of hydrogen-bond donors (Lipinski definition) is 1. The second-order valence-electron chi connectivity index (χ2n) is 4.72. The van der Waals surface area contributed by atoms with Gasteiger partial charge in [0.25, 0.3) is 0 Å². The van der Waals surface area contributed by atoms with Crippen LogP contribution >= 0.6 is 11.5 Å². The molecule has 2 aromatic heterocycles. The molecule has 0 bridgehead atoms. The largest absolute Gasteiger partial charge is 0.378 e. The maximum Gasteiger partial charge on any atom is 0.168 e. The van der Waals surface area contributed by atoms with Gasteiger partial charge in [0.2, 0.25) is 0 Å². The summed E-state index contributed by atoms with van der Waals surface area (Å²) in [5.74, 6) is 0.956. The van der Waals surface area contributed by atoms with Gasteiger partial charge in [0.1, 0.15) is 11.3 Å². The third-order valence-corrected chi connectivity index (χ3v) is 4.56. The molecule has 6 heteroatoms. The van der Waals surface area contributed by atoms with Crippen LogP contribution in [0, 0.1) is 6.92 Å². The molecule has 0 aromatic carbocycles. The first-order valence-electron chi connectivity index (χ1n) is 6.35. The SMILES string of the molecule is CNc1snc(C)c1-c1nncn1C1CCCC1. The Morgan fingerprint density at radius 1 is 1.39 bits per heavy atom. The van der Waals surface area contributed by atoms with Gasteiger partial charge in [0.05, 0.1) is 11.3 Å². The summed E-state index contributed by atoms with van der Waals surface area (Å²) in [4.78, 5) is 0. The van der Waals surface area contributed by atoms with Crippen LogP contribution in [0.1, 0.15) is 37.4 Å². The van der Waals surface area contributed by atoms with E-state index in [1.54, 1.807) is 0 Å². The summed E-state index contributed by atoms with van der Waals surface area (Å²) in [7, 11) is 1.92. The van der Waals surface area contributed by atoms with E-state index in [2.05, 4.69) is 24.5 Å². The van der Waals surface area contributed by atoms with Crippen LogP contribution in [0.5, 0.6) is 0 Å². The number of aryl methyl sites for hydroxylation is 1. The van der Waals surface area contributed by atoms with Crippen LogP contribution in [0.15, 0.2) is 6.33 Å². The summed E-state index contributed by atoms with van der Waals surface area (Å²) >= 11 is 1.48. The molecule has 0 unspecified atom stereocenters. The predicted octanol–water partition coefficient (Wildman–Crippen LogP) is 2.87. The smallest absolute Gasteiger partial charge is 0.168 e. The molecule has 0 saturated heterocycles. The van der Waals surface area contributed by atoms with E-state index in [9.17, 15) is 0 Å². The molecule has 1 aliphatic rings. The molecule has 2 heterocycles. The molecule has 1 fully saturated rings. The molecule has 0 radical (unpaired) electrons. The Hall–Kier alpha value is -1.43. The predicted molar refractivity (Wildman–Crippen MR) is 72.9 cm³/mol. The zero-order chi connectivity index (χ0) is 12.5. The topological polar surface area (TPSA) is 55.6 Å². The van der Waals surface area contributed by atoms with E-state index in [0.29, 0.717) is 6.04 Å². The molecule has 0 atom stereocenters. The van der Waals surface area contributed by atoms with Gasteiger partial charge in [0, 0.05) is 13.1 Å². The molecule has 0 spiro atoms. The molecule has 96 valence electrons. The minimum atomic E-state index is 0.555. The Labute approximate surface area is 110 Å². The van der Waals surface area contributed by atoms with Crippen molar-refractivity contribution in [1.29, 1.82) is 0 Å². The van der Waals surface area contributed by atoms with Crippen molar-refractivity contribution in [2.45, 2.75) is 38.6 Å². The van der Waals surface area contributed by atoms with Gasteiger partial charge in [-0.2, -0.15) is 4.37 Å². The monoisotopic (exact) mass is 263 g/mol. The van der Waals surface area contributed by atoms with Crippen LogP contribution in [0.4, 0.5) is 5.00 Å². The van der Waals surface area contributed by atoms with Crippen molar-refractivity contribution in [3.05, 3.63) is 12.0 Å². The van der Waals surface area contributed by atoms with Crippen LogP contribution in [0.25, 0.3) is 11.4 Å². The van der Waals surface area contributed by atoms with E-state index in [1.165, 1.54) is 37.2 Å². The molecule has 2 aromatic rings. The number of rotatable bonds is 3. The molecular weight excluding hydrogens is 246 g/mol. The van der Waals surface area contributed by atoms with Crippen molar-refractivity contribution >= 4 is 16.5 Å². The van der Waals surface area contributed by atoms with Crippen molar-refractivity contribution in [3.63, 3.8) is 0 Å². The fraction of sp³-hybridized carbons (Fsp3) is 0.583. The quantitative estimate of drug-likeness (QED) is 0.925. The van der Waals surface area contributed by atoms with E-state index in [-0.39, 0.29) is 0 Å². The van der Waals surface area contributed by atoms with Crippen LogP contribution in [0.2, 0.25) is 0 Å². The number of nitrogens with zero attached hydrogens (tertiary/aromatic N) is 4. The van der Waals surface area contributed by atoms with Gasteiger partial charge in [-0.05, 0) is 31.3 Å². The summed E-state index contributed by atoms with van der Waals surface area (Å²) in [6.45, 7) is 2.03. The normalized spacial score (nSPS) is 16.3. The van der Waals surface area contributed by atoms with Gasteiger partial charge < -0.3 is 9.88 Å². The highest BCUT2D eigenvalue weighted by atomic mass is 32.1. The third kappa shape index (κ3) is 1.80. The average Bonchev–Trinajstić information content (AvgIpc) is 3.07. The van der Waals surface area contributed by atoms with Crippen LogP contribution in [-0.2, 0) is 0 Å². The second kappa shape index (κ2) is 4.68. The maximum absolute atomic E-state index is 4.41. The lowest BCUT2D eigenvalue weighted by Gasteiger charge is -2.13. The van der Waals surface area contributed by atoms with Crippen molar-refractivity contribution in [3.8, 4) is 11.4 Å². The van der Waals surface area contributed by atoms with Crippen molar-refractivity contribution in [2.75, 3.05) is 12.4 Å². The molecule has 0 amide bonds. The highest BCUT2D eigenvalue weighted by molar-refractivity contribution is 7.10. The minimum absolute atomic E-state index is 0.555. The first kappa shape index (κ1) is 11.6. The Kier molecular flexibility index (Phi) is 3.03. The molecule has 1 N–H and O–H groups in total. The molecule has 3 rings (SSSR count). The lowest BCUT2D eigenvalue weighted by atomic mass is 10.2. The van der Waals surface area contributed by atoms with Crippen LogP contribution in [0.3, 0.4) is 0 Å². The van der Waals surface area contributed by atoms with Gasteiger partial charge in [-0.1, -0.05) is 12.8 Å². The van der Waals surface area contributed by atoms with E-state index in [4.69, 9.17) is 0 Å². The van der Waals surface area contributed by atoms with Crippen LogP contribution < -0.4 is 5.32 Å². The first-order valence-corrected chi connectivity index (χ1v) is 7.12. The first-order chi connectivity index (χ1) is 8.81. The van der Waals surface area contributed by atoms with E-state index >= 15 is 0 Å². The zero-order valence-corrected chi connectivity index (χ0v) is 11.5. The molecular formula is C12H17N5S. The summed E-state index contributed by atoms with van der Waals surface area (Å²) < 4.78 is 6.64. The van der Waals surface area contributed by atoms with Gasteiger partial charge in [-0.25, -0.2) is 0 Å². The fourth-order valence-electron chi connectivity index (χ4n) is 2.67. The van der Waals surface area contributed by atoms with Gasteiger partial charge >= 0.3 is 0 Å². The molecule has 1 saturated carbocycles. The lowest BCUT2D eigenvalue weighted by Crippen LogP contribution is -2.06. The standard InChI is InChI=1S/C12H17N5S/c1-8-10(12(13-2)18-16-8)11-15-14-7-17(11)9-5-3-4-6-9/h7,9,13H,3-6H2,1-2H3. The number of aromatic nitrogens is 4. The molecule has 1 aliphatic carbocycles. The molecule has 18 heavy (non-hydrogen) atoms. The van der Waals surface area contributed by atoms with E-state index < -0.39 is 0 Å². The highest BCUT2D eigenvalue weighted by Crippen LogP contribution is 2.37. The number of hydrogen-bond acceptors (Lipinski definition) is 5. The highest BCUT2D eigenvalue weighted by Gasteiger charge is 2.24. The fourth-order valence-corrected chi connectivity index (χ4v) is 3.42. The maximum atomic E-state index is 4.41. The van der Waals surface area contributed by atoms with E-state index in [0.717, 1.165) is 22.1 Å².